The summed E-state index contributed by atoms with van der Waals surface area (Å²) in [4.78, 5) is 19.1. The number of carbonyl (C=O) groups is 1. The summed E-state index contributed by atoms with van der Waals surface area (Å²) in [5.41, 5.74) is 3.16. The number of hydrogen-bond donors (Lipinski definition) is 1. The molecule has 0 saturated heterocycles. The minimum atomic E-state index is -0.0833. The molecule has 1 aromatic heterocycles. The molecular weight excluding hydrogens is 326 g/mol. The molecule has 136 valence electrons. The molecule has 1 amide bonds. The Morgan fingerprint density at radius 2 is 1.88 bits per heavy atom. The van der Waals surface area contributed by atoms with Crippen molar-refractivity contribution in [2.75, 3.05) is 26.2 Å². The van der Waals surface area contributed by atoms with Gasteiger partial charge in [-0.25, -0.2) is 4.98 Å². The zero-order valence-electron chi connectivity index (χ0n) is 15.4. The van der Waals surface area contributed by atoms with E-state index in [0.29, 0.717) is 30.0 Å². The van der Waals surface area contributed by atoms with E-state index in [0.717, 1.165) is 30.7 Å². The number of oxazole rings is 1. The van der Waals surface area contributed by atoms with Crippen LogP contribution < -0.4 is 5.32 Å². The largest absolute Gasteiger partial charge is 0.440 e. The second-order valence-corrected chi connectivity index (χ2v) is 6.24. The van der Waals surface area contributed by atoms with Crippen molar-refractivity contribution < 1.29 is 9.21 Å². The third-order valence-corrected chi connectivity index (χ3v) is 4.50. The fraction of sp³-hybridized carbons (Fsp3) is 0.333. The van der Waals surface area contributed by atoms with Gasteiger partial charge < -0.3 is 14.6 Å². The van der Waals surface area contributed by atoms with E-state index in [9.17, 15) is 4.79 Å². The average molecular weight is 351 g/mol. The van der Waals surface area contributed by atoms with Crippen LogP contribution in [0.5, 0.6) is 0 Å². The standard InChI is InChI=1S/C21H25N3O2/c1-3-24(4-2)13-12-22-21(25)17-10-11-18-19(15-17)26-20(23-18)14-16-8-6-5-7-9-16/h5-11,15H,3-4,12-14H2,1-2H3,(H,22,25). The first-order valence-corrected chi connectivity index (χ1v) is 9.13. The van der Waals surface area contributed by atoms with Gasteiger partial charge in [0.1, 0.15) is 5.52 Å². The van der Waals surface area contributed by atoms with Crippen molar-refractivity contribution >= 4 is 17.0 Å². The molecule has 1 heterocycles. The van der Waals surface area contributed by atoms with Gasteiger partial charge in [-0.05, 0) is 36.9 Å². The second-order valence-electron chi connectivity index (χ2n) is 6.24. The zero-order chi connectivity index (χ0) is 18.4. The molecule has 2 aromatic carbocycles. The van der Waals surface area contributed by atoms with Crippen molar-refractivity contribution in [3.8, 4) is 0 Å². The molecule has 0 aliphatic rings. The Balaban J connectivity index is 1.66. The lowest BCUT2D eigenvalue weighted by Crippen LogP contribution is -2.34. The molecule has 0 aliphatic heterocycles. The maximum Gasteiger partial charge on any atom is 0.251 e. The summed E-state index contributed by atoms with van der Waals surface area (Å²) in [5, 5.41) is 2.97. The Bertz CT molecular complexity index is 854. The molecule has 5 nitrogen and oxygen atoms in total. The predicted octanol–water partition coefficient (Wildman–Crippen LogP) is 3.49. The Morgan fingerprint density at radius 3 is 2.62 bits per heavy atom. The van der Waals surface area contributed by atoms with Crippen molar-refractivity contribution in [2.24, 2.45) is 0 Å². The van der Waals surface area contributed by atoms with Crippen LogP contribution in [0.1, 0.15) is 35.7 Å². The van der Waals surface area contributed by atoms with Crippen LogP contribution in [0.15, 0.2) is 52.9 Å². The molecule has 0 fully saturated rings. The summed E-state index contributed by atoms with van der Waals surface area (Å²) in [6.07, 6.45) is 0.640. The normalized spacial score (nSPS) is 11.2. The van der Waals surface area contributed by atoms with Crippen LogP contribution in [-0.2, 0) is 6.42 Å². The Kier molecular flexibility index (Phi) is 6.02. The number of carbonyl (C=O) groups excluding carboxylic acids is 1. The highest BCUT2D eigenvalue weighted by Gasteiger charge is 2.11. The molecule has 0 saturated carbocycles. The molecule has 3 aromatic rings. The molecule has 0 aliphatic carbocycles. The molecule has 0 atom stereocenters. The fourth-order valence-electron chi connectivity index (χ4n) is 2.93. The first kappa shape index (κ1) is 18.1. The summed E-state index contributed by atoms with van der Waals surface area (Å²) < 4.78 is 5.84. The fourth-order valence-corrected chi connectivity index (χ4v) is 2.93. The van der Waals surface area contributed by atoms with Crippen molar-refractivity contribution in [3.05, 3.63) is 65.5 Å². The lowest BCUT2D eigenvalue weighted by Gasteiger charge is -2.17. The number of aromatic nitrogens is 1. The van der Waals surface area contributed by atoms with E-state index >= 15 is 0 Å². The Morgan fingerprint density at radius 1 is 1.12 bits per heavy atom. The SMILES string of the molecule is CCN(CC)CCNC(=O)c1ccc2nc(Cc3ccccc3)oc2c1. The number of rotatable bonds is 8. The highest BCUT2D eigenvalue weighted by atomic mass is 16.3. The third-order valence-electron chi connectivity index (χ3n) is 4.50. The minimum Gasteiger partial charge on any atom is -0.440 e. The summed E-state index contributed by atoms with van der Waals surface area (Å²) in [5.74, 6) is 0.574. The van der Waals surface area contributed by atoms with Crippen molar-refractivity contribution in [1.82, 2.24) is 15.2 Å². The van der Waals surface area contributed by atoms with E-state index in [1.807, 2.05) is 36.4 Å². The van der Waals surface area contributed by atoms with Crippen molar-refractivity contribution in [3.63, 3.8) is 0 Å². The zero-order valence-corrected chi connectivity index (χ0v) is 15.4. The summed E-state index contributed by atoms with van der Waals surface area (Å²) in [6, 6.07) is 15.5. The monoisotopic (exact) mass is 351 g/mol. The number of benzene rings is 2. The van der Waals surface area contributed by atoms with Gasteiger partial charge in [-0.3, -0.25) is 4.79 Å². The summed E-state index contributed by atoms with van der Waals surface area (Å²) in [6.45, 7) is 7.70. The van der Waals surface area contributed by atoms with Crippen molar-refractivity contribution in [1.29, 1.82) is 0 Å². The van der Waals surface area contributed by atoms with Gasteiger partial charge in [0.2, 0.25) is 0 Å². The van der Waals surface area contributed by atoms with E-state index in [2.05, 4.69) is 29.0 Å². The Labute approximate surface area is 154 Å². The van der Waals surface area contributed by atoms with Crippen LogP contribution in [0, 0.1) is 0 Å². The van der Waals surface area contributed by atoms with E-state index in [-0.39, 0.29) is 5.91 Å². The number of fused-ring (bicyclic) bond motifs is 1. The van der Waals surface area contributed by atoms with Crippen LogP contribution in [-0.4, -0.2) is 42.0 Å². The van der Waals surface area contributed by atoms with Gasteiger partial charge in [-0.15, -0.1) is 0 Å². The molecule has 26 heavy (non-hydrogen) atoms. The number of hydrogen-bond acceptors (Lipinski definition) is 4. The molecular formula is C21H25N3O2. The van der Waals surface area contributed by atoms with Crippen LogP contribution in [0.3, 0.4) is 0 Å². The maximum absolute atomic E-state index is 12.4. The second kappa shape index (κ2) is 8.63. The van der Waals surface area contributed by atoms with Gasteiger partial charge in [0.15, 0.2) is 11.5 Å². The number of nitrogens with one attached hydrogen (secondary N) is 1. The average Bonchev–Trinajstić information content (AvgIpc) is 3.07. The van der Waals surface area contributed by atoms with E-state index in [1.54, 1.807) is 12.1 Å². The summed E-state index contributed by atoms with van der Waals surface area (Å²) >= 11 is 0. The van der Waals surface area contributed by atoms with Crippen molar-refractivity contribution in [2.45, 2.75) is 20.3 Å². The van der Waals surface area contributed by atoms with E-state index < -0.39 is 0 Å². The molecule has 3 rings (SSSR count). The predicted molar refractivity (Wildman–Crippen MR) is 103 cm³/mol. The quantitative estimate of drug-likeness (QED) is 0.675. The highest BCUT2D eigenvalue weighted by Crippen LogP contribution is 2.19. The summed E-state index contributed by atoms with van der Waals surface area (Å²) in [7, 11) is 0. The van der Waals surface area contributed by atoms with Crippen LogP contribution in [0.4, 0.5) is 0 Å². The lowest BCUT2D eigenvalue weighted by atomic mass is 10.1. The number of likely N-dealkylation sites (N-methyl/N-ethyl adjacent to an activating group) is 1. The number of nitrogens with zero attached hydrogens (tertiary/aromatic N) is 2. The highest BCUT2D eigenvalue weighted by molar-refractivity contribution is 5.97. The topological polar surface area (TPSA) is 58.4 Å². The number of amides is 1. The minimum absolute atomic E-state index is 0.0833. The van der Waals surface area contributed by atoms with Crippen LogP contribution in [0.25, 0.3) is 11.1 Å². The van der Waals surface area contributed by atoms with Crippen LogP contribution in [0.2, 0.25) is 0 Å². The van der Waals surface area contributed by atoms with Gasteiger partial charge in [0.25, 0.3) is 5.91 Å². The maximum atomic E-state index is 12.4. The smallest absolute Gasteiger partial charge is 0.251 e. The molecule has 0 spiro atoms. The van der Waals surface area contributed by atoms with Gasteiger partial charge in [-0.2, -0.15) is 0 Å². The third kappa shape index (κ3) is 4.49. The molecule has 1 N–H and O–H groups in total. The van der Waals surface area contributed by atoms with Gasteiger partial charge in [0.05, 0.1) is 0 Å². The molecule has 0 radical (unpaired) electrons. The van der Waals surface area contributed by atoms with Gasteiger partial charge >= 0.3 is 0 Å². The first-order chi connectivity index (χ1) is 12.7. The molecule has 0 unspecified atom stereocenters. The van der Waals surface area contributed by atoms with Gasteiger partial charge in [0, 0.05) is 25.1 Å². The van der Waals surface area contributed by atoms with E-state index in [1.165, 1.54) is 0 Å². The van der Waals surface area contributed by atoms with E-state index in [4.69, 9.17) is 4.42 Å². The first-order valence-electron chi connectivity index (χ1n) is 9.13. The molecule has 5 heteroatoms. The molecule has 0 bridgehead atoms. The lowest BCUT2D eigenvalue weighted by molar-refractivity contribution is 0.0949. The Hall–Kier alpha value is -2.66. The van der Waals surface area contributed by atoms with Gasteiger partial charge in [-0.1, -0.05) is 44.2 Å². The van der Waals surface area contributed by atoms with Crippen LogP contribution >= 0.6 is 0 Å².